The van der Waals surface area contributed by atoms with Gasteiger partial charge >= 0.3 is 17.8 Å². The molecule has 0 aliphatic rings. The average Bonchev–Trinajstić information content (AvgIpc) is 2.61. The summed E-state index contributed by atoms with van der Waals surface area (Å²) in [6, 6.07) is 11.1. The molecule has 0 saturated heterocycles. The van der Waals surface area contributed by atoms with Crippen molar-refractivity contribution in [2.24, 2.45) is 0 Å². The van der Waals surface area contributed by atoms with E-state index in [1.54, 1.807) is 11.4 Å². The molecule has 2 N–H and O–H groups in total. The molecule has 0 saturated carbocycles. The highest BCUT2D eigenvalue weighted by atomic mass is 19.4. The van der Waals surface area contributed by atoms with Gasteiger partial charge < -0.3 is 15.4 Å². The smallest absolute Gasteiger partial charge is 0.441 e. The van der Waals surface area contributed by atoms with Gasteiger partial charge in [-0.3, -0.25) is 4.79 Å². The minimum absolute atomic E-state index is 0.100. The van der Waals surface area contributed by atoms with Gasteiger partial charge in [0.05, 0.1) is 6.61 Å². The lowest BCUT2D eigenvalue weighted by molar-refractivity contribution is -0.204. The minimum Gasteiger partial charge on any atom is -0.463 e. The Labute approximate surface area is 152 Å². The number of hydrogen-bond acceptors (Lipinski definition) is 4. The van der Waals surface area contributed by atoms with E-state index in [0.717, 1.165) is 24.3 Å². The zero-order chi connectivity index (χ0) is 20.1. The van der Waals surface area contributed by atoms with E-state index in [0.29, 0.717) is 0 Å². The van der Waals surface area contributed by atoms with Crippen LogP contribution in [0, 0.1) is 5.82 Å². The zero-order valence-electron chi connectivity index (χ0n) is 14.1. The number of carbonyl (C=O) groups excluding carboxylic acids is 2. The maximum Gasteiger partial charge on any atom is 0.441 e. The molecule has 0 fully saturated rings. The summed E-state index contributed by atoms with van der Waals surface area (Å²) in [6.07, 6.45) is -5.30. The lowest BCUT2D eigenvalue weighted by atomic mass is 10.1. The SMILES string of the molecule is CCOC(=O)[C@](NC(=O)c1ccccc1)(Nc1cccc(F)c1)C(F)(F)F. The zero-order valence-corrected chi connectivity index (χ0v) is 14.1. The van der Waals surface area contributed by atoms with Gasteiger partial charge in [-0.05, 0) is 37.3 Å². The van der Waals surface area contributed by atoms with E-state index < -0.39 is 29.5 Å². The van der Waals surface area contributed by atoms with Crippen LogP contribution in [0.25, 0.3) is 0 Å². The molecule has 9 heteroatoms. The number of rotatable bonds is 6. The van der Waals surface area contributed by atoms with E-state index in [9.17, 15) is 27.2 Å². The topological polar surface area (TPSA) is 67.4 Å². The molecule has 0 radical (unpaired) electrons. The molecule has 0 spiro atoms. The first-order chi connectivity index (χ1) is 12.7. The minimum atomic E-state index is -5.30. The monoisotopic (exact) mass is 384 g/mol. The summed E-state index contributed by atoms with van der Waals surface area (Å²) in [4.78, 5) is 24.6. The van der Waals surface area contributed by atoms with Crippen LogP contribution in [0.5, 0.6) is 0 Å². The van der Waals surface area contributed by atoms with Crippen LogP contribution in [0.2, 0.25) is 0 Å². The summed E-state index contributed by atoms with van der Waals surface area (Å²) in [5.74, 6) is -3.76. The molecule has 1 atom stereocenters. The summed E-state index contributed by atoms with van der Waals surface area (Å²) < 4.78 is 59.8. The molecule has 2 aromatic carbocycles. The van der Waals surface area contributed by atoms with Crippen molar-refractivity contribution in [3.05, 3.63) is 66.0 Å². The maximum atomic E-state index is 13.9. The Morgan fingerprint density at radius 2 is 1.70 bits per heavy atom. The van der Waals surface area contributed by atoms with E-state index in [1.807, 2.05) is 5.32 Å². The predicted molar refractivity (Wildman–Crippen MR) is 89.3 cm³/mol. The van der Waals surface area contributed by atoms with E-state index in [4.69, 9.17) is 0 Å². The van der Waals surface area contributed by atoms with Gasteiger partial charge in [-0.1, -0.05) is 24.3 Å². The highest BCUT2D eigenvalue weighted by Gasteiger charge is 2.63. The summed E-state index contributed by atoms with van der Waals surface area (Å²) >= 11 is 0. The number of ether oxygens (including phenoxy) is 1. The largest absolute Gasteiger partial charge is 0.463 e. The standard InChI is InChI=1S/C18H16F4N2O3/c1-2-27-16(26)17(18(20,21)22,23-14-10-6-9-13(19)11-14)24-15(25)12-7-4-3-5-8-12/h3-11,23H,2H2,1H3,(H,24,25)/t17-/m1/s1. The highest BCUT2D eigenvalue weighted by molar-refractivity contribution is 5.99. The third-order valence-corrected chi connectivity index (χ3v) is 3.50. The number of amides is 1. The molecule has 2 aromatic rings. The number of anilines is 1. The van der Waals surface area contributed by atoms with Crippen molar-refractivity contribution in [2.75, 3.05) is 11.9 Å². The number of alkyl halides is 3. The molecule has 0 aliphatic carbocycles. The van der Waals surface area contributed by atoms with Gasteiger partial charge in [0.15, 0.2) is 0 Å². The Hall–Kier alpha value is -3.10. The van der Waals surface area contributed by atoms with Gasteiger partial charge in [-0.15, -0.1) is 0 Å². The molecule has 27 heavy (non-hydrogen) atoms. The molecule has 0 aliphatic heterocycles. The Balaban J connectivity index is 2.50. The van der Waals surface area contributed by atoms with Crippen LogP contribution in [0.15, 0.2) is 54.6 Å². The van der Waals surface area contributed by atoms with Crippen molar-refractivity contribution in [1.82, 2.24) is 5.32 Å². The van der Waals surface area contributed by atoms with Crippen molar-refractivity contribution >= 4 is 17.6 Å². The van der Waals surface area contributed by atoms with Crippen LogP contribution in [0.1, 0.15) is 17.3 Å². The van der Waals surface area contributed by atoms with Crippen molar-refractivity contribution in [3.8, 4) is 0 Å². The van der Waals surface area contributed by atoms with Gasteiger partial charge in [-0.2, -0.15) is 13.2 Å². The second kappa shape index (κ2) is 8.07. The second-order valence-corrected chi connectivity index (χ2v) is 5.42. The van der Waals surface area contributed by atoms with Crippen LogP contribution in [0.4, 0.5) is 23.2 Å². The number of carbonyl (C=O) groups is 2. The van der Waals surface area contributed by atoms with E-state index in [1.165, 1.54) is 31.2 Å². The molecular weight excluding hydrogens is 368 g/mol. The van der Waals surface area contributed by atoms with Gasteiger partial charge in [0.25, 0.3) is 5.91 Å². The number of halogens is 4. The normalized spacial score (nSPS) is 13.4. The second-order valence-electron chi connectivity index (χ2n) is 5.42. The summed E-state index contributed by atoms with van der Waals surface area (Å²) in [5, 5.41) is 3.55. The van der Waals surface area contributed by atoms with Crippen molar-refractivity contribution in [3.63, 3.8) is 0 Å². The van der Waals surface area contributed by atoms with Crippen LogP contribution >= 0.6 is 0 Å². The third-order valence-electron chi connectivity index (χ3n) is 3.50. The van der Waals surface area contributed by atoms with Crippen molar-refractivity contribution in [2.45, 2.75) is 18.8 Å². The molecule has 0 unspecified atom stereocenters. The molecule has 2 rings (SSSR count). The van der Waals surface area contributed by atoms with Gasteiger partial charge in [0, 0.05) is 11.3 Å². The molecule has 5 nitrogen and oxygen atoms in total. The molecule has 0 bridgehead atoms. The average molecular weight is 384 g/mol. The van der Waals surface area contributed by atoms with E-state index >= 15 is 0 Å². The Bertz CT molecular complexity index is 812. The highest BCUT2D eigenvalue weighted by Crippen LogP contribution is 2.33. The lowest BCUT2D eigenvalue weighted by Crippen LogP contribution is -2.69. The van der Waals surface area contributed by atoms with Gasteiger partial charge in [-0.25, -0.2) is 9.18 Å². The molecule has 0 aromatic heterocycles. The van der Waals surface area contributed by atoms with Crippen LogP contribution in [0.3, 0.4) is 0 Å². The van der Waals surface area contributed by atoms with Crippen molar-refractivity contribution in [1.29, 1.82) is 0 Å². The number of esters is 1. The fourth-order valence-corrected chi connectivity index (χ4v) is 2.24. The van der Waals surface area contributed by atoms with Crippen LogP contribution in [-0.2, 0) is 9.53 Å². The third kappa shape index (κ3) is 4.55. The molecule has 1 amide bonds. The molecular formula is C18H16F4N2O3. The summed E-state index contributed by atoms with van der Waals surface area (Å²) in [5.41, 5.74) is -4.07. The van der Waals surface area contributed by atoms with Crippen LogP contribution < -0.4 is 10.6 Å². The maximum absolute atomic E-state index is 13.9. The predicted octanol–water partition coefficient (Wildman–Crippen LogP) is 3.49. The first-order valence-corrected chi connectivity index (χ1v) is 7.85. The fraction of sp³-hybridized carbons (Fsp3) is 0.222. The summed E-state index contributed by atoms with van der Waals surface area (Å²) in [7, 11) is 0. The van der Waals surface area contributed by atoms with E-state index in [-0.39, 0.29) is 17.9 Å². The summed E-state index contributed by atoms with van der Waals surface area (Å²) in [6.45, 7) is 0.961. The first-order valence-electron chi connectivity index (χ1n) is 7.85. The quantitative estimate of drug-likeness (QED) is 0.455. The first kappa shape index (κ1) is 20.2. The Morgan fingerprint density at radius 3 is 2.26 bits per heavy atom. The van der Waals surface area contributed by atoms with Crippen molar-refractivity contribution < 1.29 is 31.9 Å². The van der Waals surface area contributed by atoms with Crippen LogP contribution in [-0.4, -0.2) is 30.3 Å². The number of hydrogen-bond donors (Lipinski definition) is 2. The Morgan fingerprint density at radius 1 is 1.04 bits per heavy atom. The van der Waals surface area contributed by atoms with E-state index in [2.05, 4.69) is 4.74 Å². The molecule has 144 valence electrons. The number of nitrogens with one attached hydrogen (secondary N) is 2. The lowest BCUT2D eigenvalue weighted by Gasteiger charge is -2.35. The molecule has 0 heterocycles. The van der Waals surface area contributed by atoms with Gasteiger partial charge in [0.1, 0.15) is 5.82 Å². The fourth-order valence-electron chi connectivity index (χ4n) is 2.24. The van der Waals surface area contributed by atoms with Gasteiger partial charge in [0.2, 0.25) is 0 Å². The number of benzene rings is 2. The Kier molecular flexibility index (Phi) is 6.04.